The third-order valence-corrected chi connectivity index (χ3v) is 10.4. The largest absolute Gasteiger partial charge is 0.395 e. The molecule has 1 saturated carbocycles. The Balaban J connectivity index is 1.22. The average Bonchev–Trinajstić information content (AvgIpc) is 3.67. The van der Waals surface area contributed by atoms with Crippen LogP contribution < -0.4 is 10.0 Å². The molecule has 4 N–H and O–H groups in total. The fourth-order valence-electron chi connectivity index (χ4n) is 5.79. The SMILES string of the molecule is O=S(=O)(NCCO)N1C[C@H]2CC(Nc3c(-c4nnc(C5(F)CCOCC5)s4)cnc4[nH]ccc34)C[C@H]2C1. The molecule has 14 heteroatoms. The van der Waals surface area contributed by atoms with Crippen LogP contribution in [0.25, 0.3) is 21.6 Å². The smallest absolute Gasteiger partial charge is 0.279 e. The Morgan fingerprint density at radius 3 is 2.73 bits per heavy atom. The van der Waals surface area contributed by atoms with Gasteiger partial charge in [0.15, 0.2) is 15.7 Å². The lowest BCUT2D eigenvalue weighted by Crippen LogP contribution is -2.41. The van der Waals surface area contributed by atoms with Gasteiger partial charge in [0.05, 0.1) is 31.1 Å². The van der Waals surface area contributed by atoms with E-state index in [0.29, 0.717) is 36.3 Å². The lowest BCUT2D eigenvalue weighted by atomic mass is 9.98. The Bertz CT molecular complexity index is 1360. The zero-order valence-electron chi connectivity index (χ0n) is 20.2. The number of rotatable bonds is 8. The van der Waals surface area contributed by atoms with E-state index in [1.165, 1.54) is 15.6 Å². The van der Waals surface area contributed by atoms with Crippen LogP contribution in [-0.4, -0.2) is 83.5 Å². The van der Waals surface area contributed by atoms with Crippen molar-refractivity contribution in [2.24, 2.45) is 11.8 Å². The van der Waals surface area contributed by atoms with Crippen molar-refractivity contribution in [3.05, 3.63) is 23.5 Å². The van der Waals surface area contributed by atoms with E-state index in [9.17, 15) is 8.42 Å². The van der Waals surface area contributed by atoms with Crippen molar-refractivity contribution in [1.29, 1.82) is 0 Å². The molecule has 2 saturated heterocycles. The number of halogens is 1. The fraction of sp³-hybridized carbons (Fsp3) is 0.609. The molecule has 6 rings (SSSR count). The molecule has 3 aromatic heterocycles. The van der Waals surface area contributed by atoms with Crippen molar-refractivity contribution in [3.8, 4) is 10.6 Å². The number of hydrogen-bond donors (Lipinski definition) is 4. The lowest BCUT2D eigenvalue weighted by molar-refractivity contribution is -0.0119. The van der Waals surface area contributed by atoms with Crippen LogP contribution in [0.5, 0.6) is 0 Å². The molecule has 11 nitrogen and oxygen atoms in total. The molecular weight excluding hydrogens is 521 g/mol. The predicted molar refractivity (Wildman–Crippen MR) is 137 cm³/mol. The highest BCUT2D eigenvalue weighted by Gasteiger charge is 2.45. The second-order valence-corrected chi connectivity index (χ2v) is 12.8. The maximum Gasteiger partial charge on any atom is 0.279 e. The van der Waals surface area contributed by atoms with Crippen molar-refractivity contribution >= 4 is 38.3 Å². The molecule has 37 heavy (non-hydrogen) atoms. The second-order valence-electron chi connectivity index (χ2n) is 10.0. The molecule has 3 aromatic rings. The van der Waals surface area contributed by atoms with Crippen LogP contribution >= 0.6 is 11.3 Å². The number of aromatic nitrogens is 4. The minimum atomic E-state index is -3.58. The molecule has 0 bridgehead atoms. The second kappa shape index (κ2) is 9.82. The summed E-state index contributed by atoms with van der Waals surface area (Å²) in [5, 5.41) is 23.1. The third kappa shape index (κ3) is 4.74. The van der Waals surface area contributed by atoms with Crippen molar-refractivity contribution in [2.75, 3.05) is 44.8 Å². The molecule has 0 radical (unpaired) electrons. The van der Waals surface area contributed by atoms with Gasteiger partial charge in [-0.15, -0.1) is 10.2 Å². The van der Waals surface area contributed by atoms with Gasteiger partial charge in [0.2, 0.25) is 0 Å². The normalized spacial score (nSPS) is 26.1. The summed E-state index contributed by atoms with van der Waals surface area (Å²) in [7, 11) is -3.58. The third-order valence-electron chi connectivity index (χ3n) is 7.71. The number of aliphatic hydroxyl groups excluding tert-OH is 1. The average molecular weight is 552 g/mol. The molecule has 0 spiro atoms. The van der Waals surface area contributed by atoms with E-state index in [1.54, 1.807) is 6.20 Å². The Morgan fingerprint density at radius 2 is 2.00 bits per heavy atom. The molecule has 0 amide bonds. The molecule has 200 valence electrons. The van der Waals surface area contributed by atoms with E-state index in [2.05, 4.69) is 30.2 Å². The first-order valence-corrected chi connectivity index (χ1v) is 14.8. The number of fused-ring (bicyclic) bond motifs is 2. The van der Waals surface area contributed by atoms with Gasteiger partial charge in [0.1, 0.15) is 5.65 Å². The van der Waals surface area contributed by atoms with Gasteiger partial charge in [-0.25, -0.2) is 9.37 Å². The van der Waals surface area contributed by atoms with E-state index >= 15 is 4.39 Å². The summed E-state index contributed by atoms with van der Waals surface area (Å²) in [5.74, 6) is 0.506. The number of aromatic amines is 1. The van der Waals surface area contributed by atoms with Crippen LogP contribution in [0, 0.1) is 11.8 Å². The number of alkyl halides is 1. The lowest BCUT2D eigenvalue weighted by Gasteiger charge is -2.26. The van der Waals surface area contributed by atoms with Crippen LogP contribution in [0.15, 0.2) is 18.5 Å². The van der Waals surface area contributed by atoms with E-state index in [0.717, 1.165) is 35.1 Å². The maximum absolute atomic E-state index is 15.5. The maximum atomic E-state index is 15.5. The summed E-state index contributed by atoms with van der Waals surface area (Å²) in [4.78, 5) is 7.69. The Morgan fingerprint density at radius 1 is 1.24 bits per heavy atom. The van der Waals surface area contributed by atoms with Gasteiger partial charge in [0, 0.05) is 56.3 Å². The van der Waals surface area contributed by atoms with Crippen molar-refractivity contribution < 1.29 is 22.7 Å². The van der Waals surface area contributed by atoms with Gasteiger partial charge in [-0.2, -0.15) is 17.4 Å². The molecule has 2 aliphatic heterocycles. The first kappa shape index (κ1) is 25.1. The zero-order valence-corrected chi connectivity index (χ0v) is 21.8. The number of hydrogen-bond acceptors (Lipinski definition) is 9. The molecular formula is C23H30FN7O4S2. The summed E-state index contributed by atoms with van der Waals surface area (Å²) in [6.45, 7) is 1.46. The highest BCUT2D eigenvalue weighted by Crippen LogP contribution is 2.44. The van der Waals surface area contributed by atoms with Crippen molar-refractivity contribution in [1.82, 2.24) is 29.2 Å². The predicted octanol–water partition coefficient (Wildman–Crippen LogP) is 2.01. The van der Waals surface area contributed by atoms with Crippen LogP contribution in [0.2, 0.25) is 0 Å². The minimum absolute atomic E-state index is 0.0143. The summed E-state index contributed by atoms with van der Waals surface area (Å²) in [5.41, 5.74) is 0.885. The van der Waals surface area contributed by atoms with Crippen molar-refractivity contribution in [2.45, 2.75) is 37.4 Å². The summed E-state index contributed by atoms with van der Waals surface area (Å²) in [6, 6.07) is 2.11. The number of nitrogens with one attached hydrogen (secondary N) is 3. The Hall–Kier alpha value is -2.23. The van der Waals surface area contributed by atoms with E-state index < -0.39 is 15.9 Å². The molecule has 3 aliphatic rings. The highest BCUT2D eigenvalue weighted by molar-refractivity contribution is 7.87. The topological polar surface area (TPSA) is 145 Å². The number of pyridine rings is 1. The number of aliphatic hydroxyl groups is 1. The molecule has 3 atom stereocenters. The summed E-state index contributed by atoms with van der Waals surface area (Å²) >= 11 is 1.26. The zero-order chi connectivity index (χ0) is 25.6. The number of H-pyrrole nitrogens is 1. The number of ether oxygens (including phenoxy) is 1. The fourth-order valence-corrected chi connectivity index (χ4v) is 8.09. The first-order valence-electron chi connectivity index (χ1n) is 12.6. The summed E-state index contributed by atoms with van der Waals surface area (Å²) < 4.78 is 49.7. The first-order chi connectivity index (χ1) is 17.9. The number of nitrogens with zero attached hydrogens (tertiary/aromatic N) is 4. The molecule has 5 heterocycles. The minimum Gasteiger partial charge on any atom is -0.395 e. The molecule has 1 unspecified atom stereocenters. The van der Waals surface area contributed by atoms with Crippen LogP contribution in [0.3, 0.4) is 0 Å². The van der Waals surface area contributed by atoms with Gasteiger partial charge >= 0.3 is 0 Å². The summed E-state index contributed by atoms with van der Waals surface area (Å²) in [6.07, 6.45) is 5.79. The Labute approximate surface area is 218 Å². The van der Waals surface area contributed by atoms with E-state index in [-0.39, 0.29) is 43.9 Å². The van der Waals surface area contributed by atoms with E-state index in [1.807, 2.05) is 12.3 Å². The monoisotopic (exact) mass is 551 g/mol. The van der Waals surface area contributed by atoms with Gasteiger partial charge in [0.25, 0.3) is 10.2 Å². The molecule has 1 aliphatic carbocycles. The molecule has 0 aromatic carbocycles. The van der Waals surface area contributed by atoms with Gasteiger partial charge in [-0.05, 0) is 30.7 Å². The van der Waals surface area contributed by atoms with E-state index in [4.69, 9.17) is 9.84 Å². The highest BCUT2D eigenvalue weighted by atomic mass is 32.2. The van der Waals surface area contributed by atoms with Gasteiger partial charge < -0.3 is 20.1 Å². The van der Waals surface area contributed by atoms with Gasteiger partial charge in [-0.3, -0.25) is 0 Å². The quantitative estimate of drug-likeness (QED) is 0.333. The van der Waals surface area contributed by atoms with Gasteiger partial charge in [-0.1, -0.05) is 11.3 Å². The van der Waals surface area contributed by atoms with Crippen LogP contribution in [0.1, 0.15) is 30.7 Å². The van der Waals surface area contributed by atoms with Crippen molar-refractivity contribution in [3.63, 3.8) is 0 Å². The molecule has 3 fully saturated rings. The Kier molecular flexibility index (Phi) is 6.65. The standard InChI is InChI=1S/C23H30FN7O4S2/c24-23(2-7-35-8-3-23)22-30-29-21(36-22)18-11-26-20-17(1-4-25-20)19(18)28-16-9-14-12-31(13-15(14)10-16)37(33,34)27-5-6-32/h1,4,11,14-16,27,32H,2-3,5-10,12-13H2,(H2,25,26,28)/t14-,15+,16?. The number of anilines is 1. The van der Waals surface area contributed by atoms with Crippen LogP contribution in [0.4, 0.5) is 10.1 Å². The van der Waals surface area contributed by atoms with Crippen LogP contribution in [-0.2, 0) is 20.6 Å².